The molecule has 0 heterocycles. The van der Waals surface area contributed by atoms with Crippen molar-refractivity contribution in [1.29, 1.82) is 0 Å². The lowest BCUT2D eigenvalue weighted by Crippen LogP contribution is -2.17. The SMILES string of the molecule is COc1ccccc1NS(=O)(=O)c1ccc(C)c(NS(=O)(=O)c2ccc(C)c([N+](=O)[O-])c2)c1. The highest BCUT2D eigenvalue weighted by Gasteiger charge is 2.22. The van der Waals surface area contributed by atoms with E-state index in [1.54, 1.807) is 25.1 Å². The number of nitro groups is 1. The molecule has 3 aromatic rings. The monoisotopic (exact) mass is 491 g/mol. The molecular weight excluding hydrogens is 470 g/mol. The molecule has 0 aromatic heterocycles. The number of sulfonamides is 2. The first kappa shape index (κ1) is 24.0. The number of ether oxygens (including phenoxy) is 1. The molecule has 0 aliphatic heterocycles. The first-order chi connectivity index (χ1) is 15.4. The number of para-hydroxylation sites is 2. The van der Waals surface area contributed by atoms with E-state index in [0.29, 0.717) is 16.9 Å². The molecule has 174 valence electrons. The zero-order valence-electron chi connectivity index (χ0n) is 17.9. The fourth-order valence-electron chi connectivity index (χ4n) is 2.97. The Morgan fingerprint density at radius 1 is 0.788 bits per heavy atom. The minimum atomic E-state index is -4.23. The van der Waals surface area contributed by atoms with Gasteiger partial charge in [-0.05, 0) is 49.7 Å². The topological polar surface area (TPSA) is 145 Å². The van der Waals surface area contributed by atoms with Crippen molar-refractivity contribution in [3.05, 3.63) is 81.9 Å². The van der Waals surface area contributed by atoms with Gasteiger partial charge in [0.15, 0.2) is 0 Å². The van der Waals surface area contributed by atoms with Crippen molar-refractivity contribution in [3.63, 3.8) is 0 Å². The molecule has 0 aliphatic rings. The van der Waals surface area contributed by atoms with Crippen molar-refractivity contribution < 1.29 is 26.5 Å². The van der Waals surface area contributed by atoms with Gasteiger partial charge >= 0.3 is 0 Å². The maximum absolute atomic E-state index is 12.9. The molecule has 0 unspecified atom stereocenters. The van der Waals surface area contributed by atoms with Crippen LogP contribution in [0, 0.1) is 24.0 Å². The normalized spacial score (nSPS) is 11.6. The Kier molecular flexibility index (Phi) is 6.60. The fraction of sp³-hybridized carbons (Fsp3) is 0.143. The van der Waals surface area contributed by atoms with Crippen LogP contribution in [0.5, 0.6) is 5.75 Å². The first-order valence-electron chi connectivity index (χ1n) is 9.49. The Morgan fingerprint density at radius 2 is 1.33 bits per heavy atom. The Labute approximate surface area is 191 Å². The molecule has 0 saturated heterocycles. The van der Waals surface area contributed by atoms with Crippen LogP contribution < -0.4 is 14.2 Å². The number of hydrogen-bond donors (Lipinski definition) is 2. The summed E-state index contributed by atoms with van der Waals surface area (Å²) in [6.45, 7) is 3.09. The number of hydrogen-bond acceptors (Lipinski definition) is 7. The van der Waals surface area contributed by atoms with Gasteiger partial charge in [-0.25, -0.2) is 16.8 Å². The third-order valence-electron chi connectivity index (χ3n) is 4.80. The number of rotatable bonds is 8. The van der Waals surface area contributed by atoms with Gasteiger partial charge in [-0.2, -0.15) is 0 Å². The number of nitrogens with one attached hydrogen (secondary N) is 2. The second-order valence-electron chi connectivity index (χ2n) is 7.09. The standard InChI is InChI=1S/C21H21N3O7S2/c1-14-8-10-16(32(27,28)22-18-6-4-5-7-21(18)31-3)12-19(14)23-33(29,30)17-11-9-15(2)20(13-17)24(25)26/h4-13,22-23H,1-3H3. The van der Waals surface area contributed by atoms with Crippen molar-refractivity contribution in [2.24, 2.45) is 0 Å². The maximum atomic E-state index is 12.9. The van der Waals surface area contributed by atoms with E-state index in [0.717, 1.165) is 6.07 Å². The van der Waals surface area contributed by atoms with Gasteiger partial charge in [-0.1, -0.05) is 24.3 Å². The average Bonchev–Trinajstić information content (AvgIpc) is 2.75. The van der Waals surface area contributed by atoms with E-state index in [4.69, 9.17) is 4.74 Å². The van der Waals surface area contributed by atoms with Gasteiger partial charge in [0, 0.05) is 11.6 Å². The number of nitrogens with zero attached hydrogens (tertiary/aromatic N) is 1. The van der Waals surface area contributed by atoms with Crippen LogP contribution in [-0.2, 0) is 20.0 Å². The summed E-state index contributed by atoms with van der Waals surface area (Å²) in [7, 11) is -6.91. The van der Waals surface area contributed by atoms with Crippen LogP contribution in [0.25, 0.3) is 0 Å². The van der Waals surface area contributed by atoms with Crippen LogP contribution in [0.15, 0.2) is 70.5 Å². The van der Waals surface area contributed by atoms with Gasteiger partial charge in [-0.3, -0.25) is 19.6 Å². The Hall–Kier alpha value is -3.64. The zero-order valence-corrected chi connectivity index (χ0v) is 19.5. The van der Waals surface area contributed by atoms with Gasteiger partial charge in [0.05, 0.1) is 33.2 Å². The van der Waals surface area contributed by atoms with Crippen LogP contribution in [0.4, 0.5) is 17.1 Å². The molecule has 12 heteroatoms. The number of benzene rings is 3. The predicted octanol–water partition coefficient (Wildman–Crippen LogP) is 3.82. The molecule has 0 saturated carbocycles. The molecule has 0 atom stereocenters. The van der Waals surface area contributed by atoms with E-state index in [1.807, 2.05) is 0 Å². The molecule has 0 fully saturated rings. The highest BCUT2D eigenvalue weighted by atomic mass is 32.2. The van der Waals surface area contributed by atoms with Gasteiger partial charge < -0.3 is 4.74 Å². The Bertz CT molecular complexity index is 1440. The highest BCUT2D eigenvalue weighted by Crippen LogP contribution is 2.29. The Morgan fingerprint density at radius 3 is 1.94 bits per heavy atom. The van der Waals surface area contributed by atoms with E-state index in [1.165, 1.54) is 50.4 Å². The molecule has 2 N–H and O–H groups in total. The van der Waals surface area contributed by atoms with E-state index in [2.05, 4.69) is 9.44 Å². The van der Waals surface area contributed by atoms with Gasteiger partial charge in [0.1, 0.15) is 5.75 Å². The number of nitro benzene ring substituents is 1. The minimum Gasteiger partial charge on any atom is -0.495 e. The predicted molar refractivity (Wildman–Crippen MR) is 124 cm³/mol. The molecule has 0 bridgehead atoms. The van der Waals surface area contributed by atoms with E-state index in [9.17, 15) is 26.9 Å². The summed E-state index contributed by atoms with van der Waals surface area (Å²) >= 11 is 0. The lowest BCUT2D eigenvalue weighted by atomic mass is 10.2. The molecular formula is C21H21N3O7S2. The summed E-state index contributed by atoms with van der Waals surface area (Å²) in [4.78, 5) is 9.99. The number of aryl methyl sites for hydroxylation is 2. The summed E-state index contributed by atoms with van der Waals surface area (Å²) in [5.41, 5.74) is 0.657. The molecule has 10 nitrogen and oxygen atoms in total. The summed E-state index contributed by atoms with van der Waals surface area (Å²) in [6.07, 6.45) is 0. The molecule has 3 aromatic carbocycles. The van der Waals surface area contributed by atoms with Crippen LogP contribution in [0.3, 0.4) is 0 Å². The molecule has 0 radical (unpaired) electrons. The number of methoxy groups -OCH3 is 1. The Balaban J connectivity index is 1.96. The maximum Gasteiger partial charge on any atom is 0.273 e. The van der Waals surface area contributed by atoms with Gasteiger partial charge in [0.25, 0.3) is 25.7 Å². The highest BCUT2D eigenvalue weighted by molar-refractivity contribution is 7.93. The third-order valence-corrected chi connectivity index (χ3v) is 7.53. The fourth-order valence-corrected chi connectivity index (χ4v) is 5.21. The summed E-state index contributed by atoms with van der Waals surface area (Å²) in [6, 6.07) is 13.9. The van der Waals surface area contributed by atoms with Crippen molar-refractivity contribution in [1.82, 2.24) is 0 Å². The second kappa shape index (κ2) is 9.08. The van der Waals surface area contributed by atoms with Crippen LogP contribution in [0.1, 0.15) is 11.1 Å². The van der Waals surface area contributed by atoms with Gasteiger partial charge in [0.2, 0.25) is 0 Å². The van der Waals surface area contributed by atoms with Crippen LogP contribution in [-0.4, -0.2) is 28.9 Å². The van der Waals surface area contributed by atoms with E-state index >= 15 is 0 Å². The van der Waals surface area contributed by atoms with Crippen molar-refractivity contribution in [2.45, 2.75) is 23.6 Å². The van der Waals surface area contributed by atoms with Crippen molar-refractivity contribution in [2.75, 3.05) is 16.6 Å². The molecule has 0 amide bonds. The van der Waals surface area contributed by atoms with Crippen LogP contribution >= 0.6 is 0 Å². The van der Waals surface area contributed by atoms with E-state index < -0.39 is 25.0 Å². The summed E-state index contributed by atoms with van der Waals surface area (Å²) in [5, 5.41) is 11.2. The minimum absolute atomic E-state index is 0.0149. The van der Waals surface area contributed by atoms with Crippen molar-refractivity contribution in [3.8, 4) is 5.75 Å². The number of anilines is 2. The molecule has 0 spiro atoms. The van der Waals surface area contributed by atoms with Crippen LogP contribution in [0.2, 0.25) is 0 Å². The molecule has 3 rings (SSSR count). The largest absolute Gasteiger partial charge is 0.495 e. The summed E-state index contributed by atoms with van der Waals surface area (Å²) in [5.74, 6) is 0.315. The smallest absolute Gasteiger partial charge is 0.273 e. The lowest BCUT2D eigenvalue weighted by Gasteiger charge is -2.15. The van der Waals surface area contributed by atoms with E-state index in [-0.39, 0.29) is 26.9 Å². The lowest BCUT2D eigenvalue weighted by molar-refractivity contribution is -0.385. The van der Waals surface area contributed by atoms with Gasteiger partial charge in [-0.15, -0.1) is 0 Å². The zero-order chi connectivity index (χ0) is 24.4. The quantitative estimate of drug-likeness (QED) is 0.360. The molecule has 0 aliphatic carbocycles. The molecule has 33 heavy (non-hydrogen) atoms. The van der Waals surface area contributed by atoms with Crippen molar-refractivity contribution >= 4 is 37.1 Å². The summed E-state index contributed by atoms with van der Waals surface area (Å²) < 4.78 is 61.4. The third kappa shape index (κ3) is 5.23. The first-order valence-corrected chi connectivity index (χ1v) is 12.5. The second-order valence-corrected chi connectivity index (χ2v) is 10.5. The average molecular weight is 492 g/mol.